The molecule has 2 aromatic rings. The maximum Gasteiger partial charge on any atom is 0.276 e. The van der Waals surface area contributed by atoms with Gasteiger partial charge >= 0.3 is 0 Å². The summed E-state index contributed by atoms with van der Waals surface area (Å²) < 4.78 is 0.751. The minimum Gasteiger partial charge on any atom is -0.331 e. The fourth-order valence-electron chi connectivity index (χ4n) is 2.22. The first kappa shape index (κ1) is 17.0. The van der Waals surface area contributed by atoms with Crippen molar-refractivity contribution in [1.82, 2.24) is 5.43 Å². The summed E-state index contributed by atoms with van der Waals surface area (Å²) >= 11 is 8.46. The standard InChI is InChI=1S/C15H10BrN5O3S/c16-11-6-2-5-10-12(11)18-14(22)13(10)19-20-15(25)17-8-3-1-4-9(7-8)21(23)24/h1-7H,(H2,17,20,25)(H,18,19,22). The van der Waals surface area contributed by atoms with Gasteiger partial charge in [-0.15, -0.1) is 0 Å². The third-order valence-corrected chi connectivity index (χ3v) is 4.16. The lowest BCUT2D eigenvalue weighted by atomic mass is 10.1. The van der Waals surface area contributed by atoms with E-state index in [2.05, 4.69) is 37.1 Å². The number of rotatable bonds is 3. The molecule has 0 saturated heterocycles. The van der Waals surface area contributed by atoms with Crippen molar-refractivity contribution in [2.24, 2.45) is 5.10 Å². The minimum atomic E-state index is -0.500. The van der Waals surface area contributed by atoms with Gasteiger partial charge < -0.3 is 10.6 Å². The van der Waals surface area contributed by atoms with Gasteiger partial charge in [0, 0.05) is 27.9 Å². The minimum absolute atomic E-state index is 0.0620. The number of hydrogen-bond acceptors (Lipinski definition) is 5. The molecule has 2 aromatic carbocycles. The smallest absolute Gasteiger partial charge is 0.276 e. The number of carbonyl (C=O) groups is 1. The van der Waals surface area contributed by atoms with Crippen LogP contribution >= 0.6 is 28.1 Å². The first-order valence-electron chi connectivity index (χ1n) is 6.95. The van der Waals surface area contributed by atoms with E-state index >= 15 is 0 Å². The van der Waals surface area contributed by atoms with E-state index < -0.39 is 4.92 Å². The maximum atomic E-state index is 12.0. The van der Waals surface area contributed by atoms with Crippen LogP contribution in [0.25, 0.3) is 0 Å². The number of carbonyl (C=O) groups excluding carboxylic acids is 1. The van der Waals surface area contributed by atoms with E-state index in [1.807, 2.05) is 6.07 Å². The van der Waals surface area contributed by atoms with Crippen LogP contribution in [0.4, 0.5) is 17.1 Å². The zero-order chi connectivity index (χ0) is 18.0. The van der Waals surface area contributed by atoms with Crippen LogP contribution in [0.1, 0.15) is 5.56 Å². The topological polar surface area (TPSA) is 109 Å². The highest BCUT2D eigenvalue weighted by Crippen LogP contribution is 2.31. The number of nitrogens with one attached hydrogen (secondary N) is 3. The molecule has 10 heteroatoms. The summed E-state index contributed by atoms with van der Waals surface area (Å²) in [7, 11) is 0. The average molecular weight is 420 g/mol. The van der Waals surface area contributed by atoms with E-state index in [4.69, 9.17) is 12.2 Å². The maximum absolute atomic E-state index is 12.0. The molecule has 0 radical (unpaired) electrons. The zero-order valence-corrected chi connectivity index (χ0v) is 14.8. The summed E-state index contributed by atoms with van der Waals surface area (Å²) in [4.78, 5) is 22.3. The average Bonchev–Trinajstić information content (AvgIpc) is 2.90. The van der Waals surface area contributed by atoms with Crippen molar-refractivity contribution in [3.8, 4) is 0 Å². The molecule has 0 unspecified atom stereocenters. The molecule has 0 aromatic heterocycles. The molecule has 3 N–H and O–H groups in total. The fraction of sp³-hybridized carbons (Fsp3) is 0. The molecule has 0 fully saturated rings. The second kappa shape index (κ2) is 6.95. The fourth-order valence-corrected chi connectivity index (χ4v) is 2.85. The van der Waals surface area contributed by atoms with Gasteiger partial charge in [0.1, 0.15) is 0 Å². The Bertz CT molecular complexity index is 931. The number of anilines is 2. The van der Waals surface area contributed by atoms with Gasteiger partial charge in [-0.05, 0) is 40.3 Å². The van der Waals surface area contributed by atoms with Crippen LogP contribution in [0, 0.1) is 10.1 Å². The van der Waals surface area contributed by atoms with E-state index in [1.165, 1.54) is 18.2 Å². The lowest BCUT2D eigenvalue weighted by Crippen LogP contribution is -2.27. The molecular weight excluding hydrogens is 410 g/mol. The quantitative estimate of drug-likeness (QED) is 0.400. The molecule has 126 valence electrons. The molecule has 0 saturated carbocycles. The Balaban J connectivity index is 1.74. The Morgan fingerprint density at radius 1 is 1.28 bits per heavy atom. The van der Waals surface area contributed by atoms with E-state index in [0.717, 1.165) is 4.47 Å². The van der Waals surface area contributed by atoms with Crippen LogP contribution in [0.15, 0.2) is 52.0 Å². The van der Waals surface area contributed by atoms with Crippen molar-refractivity contribution < 1.29 is 9.72 Å². The SMILES string of the molecule is O=C1Nc2c(Br)cccc2/C1=N/NC(=S)Nc1cccc([N+](=O)[O-])c1. The first-order chi connectivity index (χ1) is 12.0. The lowest BCUT2D eigenvalue weighted by molar-refractivity contribution is -0.384. The number of thiocarbonyl (C=S) groups is 1. The van der Waals surface area contributed by atoms with Crippen molar-refractivity contribution >= 4 is 61.9 Å². The molecule has 3 rings (SSSR count). The van der Waals surface area contributed by atoms with Crippen LogP contribution < -0.4 is 16.1 Å². The third kappa shape index (κ3) is 3.64. The number of nitrogens with zero attached hydrogens (tertiary/aromatic N) is 2. The molecule has 25 heavy (non-hydrogen) atoms. The molecular formula is C15H10BrN5O3S. The van der Waals surface area contributed by atoms with Crippen LogP contribution in [-0.2, 0) is 4.79 Å². The number of benzene rings is 2. The molecule has 0 atom stereocenters. The van der Waals surface area contributed by atoms with Crippen molar-refractivity contribution in [1.29, 1.82) is 0 Å². The summed E-state index contributed by atoms with van der Waals surface area (Å²) in [5.41, 5.74) is 4.43. The Morgan fingerprint density at radius 3 is 2.80 bits per heavy atom. The van der Waals surface area contributed by atoms with Gasteiger partial charge in [-0.3, -0.25) is 20.3 Å². The summed E-state index contributed by atoms with van der Waals surface area (Å²) in [5, 5.41) is 20.4. The largest absolute Gasteiger partial charge is 0.331 e. The predicted octanol–water partition coefficient (Wildman–Crippen LogP) is 3.00. The van der Waals surface area contributed by atoms with Gasteiger partial charge in [0.15, 0.2) is 10.8 Å². The van der Waals surface area contributed by atoms with E-state index in [-0.39, 0.29) is 22.4 Å². The number of amides is 1. The number of halogens is 1. The molecule has 8 nitrogen and oxygen atoms in total. The summed E-state index contributed by atoms with van der Waals surface area (Å²) in [6.45, 7) is 0. The Kier molecular flexibility index (Phi) is 4.72. The normalized spacial score (nSPS) is 14.0. The number of fused-ring (bicyclic) bond motifs is 1. The highest BCUT2D eigenvalue weighted by Gasteiger charge is 2.27. The Morgan fingerprint density at radius 2 is 2.04 bits per heavy atom. The number of para-hydroxylation sites is 1. The van der Waals surface area contributed by atoms with Gasteiger partial charge in [0.25, 0.3) is 11.6 Å². The third-order valence-electron chi connectivity index (χ3n) is 3.31. The van der Waals surface area contributed by atoms with Crippen molar-refractivity contribution in [2.45, 2.75) is 0 Å². The van der Waals surface area contributed by atoms with Gasteiger partial charge in [0.2, 0.25) is 0 Å². The van der Waals surface area contributed by atoms with Gasteiger partial charge in [-0.1, -0.05) is 18.2 Å². The number of nitro groups is 1. The van der Waals surface area contributed by atoms with Crippen LogP contribution in [0.3, 0.4) is 0 Å². The molecule has 1 heterocycles. The monoisotopic (exact) mass is 419 g/mol. The molecule has 0 spiro atoms. The highest BCUT2D eigenvalue weighted by molar-refractivity contribution is 9.10. The molecule has 1 amide bonds. The molecule has 1 aliphatic rings. The number of non-ortho nitro benzene ring substituents is 1. The van der Waals surface area contributed by atoms with E-state index in [9.17, 15) is 14.9 Å². The molecule has 0 bridgehead atoms. The van der Waals surface area contributed by atoms with Gasteiger partial charge in [-0.2, -0.15) is 5.10 Å². The Hall–Kier alpha value is -2.85. The van der Waals surface area contributed by atoms with E-state index in [0.29, 0.717) is 16.9 Å². The van der Waals surface area contributed by atoms with Crippen LogP contribution in [0.5, 0.6) is 0 Å². The van der Waals surface area contributed by atoms with Crippen molar-refractivity contribution in [3.63, 3.8) is 0 Å². The summed E-state index contributed by atoms with van der Waals surface area (Å²) in [5.74, 6) is -0.354. The number of hydrazone groups is 1. The van der Waals surface area contributed by atoms with Crippen LogP contribution in [0.2, 0.25) is 0 Å². The van der Waals surface area contributed by atoms with Gasteiger partial charge in [-0.25, -0.2) is 0 Å². The molecule has 1 aliphatic heterocycles. The van der Waals surface area contributed by atoms with Crippen molar-refractivity contribution in [3.05, 3.63) is 62.6 Å². The highest BCUT2D eigenvalue weighted by atomic mass is 79.9. The van der Waals surface area contributed by atoms with Gasteiger partial charge in [0.05, 0.1) is 10.6 Å². The number of hydrogen-bond donors (Lipinski definition) is 3. The first-order valence-corrected chi connectivity index (χ1v) is 8.15. The summed E-state index contributed by atoms with van der Waals surface area (Å²) in [6.07, 6.45) is 0. The lowest BCUT2D eigenvalue weighted by Gasteiger charge is -2.07. The summed E-state index contributed by atoms with van der Waals surface area (Å²) in [6, 6.07) is 11.2. The predicted molar refractivity (Wildman–Crippen MR) is 102 cm³/mol. The zero-order valence-electron chi connectivity index (χ0n) is 12.4. The van der Waals surface area contributed by atoms with E-state index in [1.54, 1.807) is 18.2 Å². The second-order valence-electron chi connectivity index (χ2n) is 4.95. The number of nitro benzene ring substituents is 1. The second-order valence-corrected chi connectivity index (χ2v) is 6.21. The van der Waals surface area contributed by atoms with Crippen molar-refractivity contribution in [2.75, 3.05) is 10.6 Å². The Labute approximate surface area is 155 Å². The molecule has 0 aliphatic carbocycles. The van der Waals surface area contributed by atoms with Crippen LogP contribution in [-0.4, -0.2) is 21.7 Å².